The Kier molecular flexibility index (Phi) is 5.21. The summed E-state index contributed by atoms with van der Waals surface area (Å²) >= 11 is 0. The van der Waals surface area contributed by atoms with Gasteiger partial charge in [0.2, 0.25) is 0 Å². The molecule has 0 amide bonds. The molecule has 2 heteroatoms. The molecule has 0 saturated carbocycles. The average Bonchev–Trinajstić information content (AvgIpc) is 2.39. The molecule has 0 bridgehead atoms. The summed E-state index contributed by atoms with van der Waals surface area (Å²) in [5, 5.41) is 3.45. The Hall–Kier alpha value is -0.860. The van der Waals surface area contributed by atoms with Gasteiger partial charge in [-0.1, -0.05) is 38.0 Å². The summed E-state index contributed by atoms with van der Waals surface area (Å²) in [6, 6.07) is 6.78. The van der Waals surface area contributed by atoms with E-state index in [1.165, 1.54) is 43.4 Å². The highest BCUT2D eigenvalue weighted by molar-refractivity contribution is 5.36. The number of nitrogens with one attached hydrogen (secondary N) is 1. The summed E-state index contributed by atoms with van der Waals surface area (Å²) in [5.74, 6) is 0. The fraction of sp³-hybridized carbons (Fsp3) is 0.625. The Bertz CT molecular complexity index is 373. The minimum Gasteiger partial charge on any atom is -0.312 e. The van der Waals surface area contributed by atoms with E-state index in [2.05, 4.69) is 42.4 Å². The van der Waals surface area contributed by atoms with Crippen LogP contribution in [-0.2, 0) is 19.5 Å². The Morgan fingerprint density at radius 2 is 2.17 bits per heavy atom. The second-order valence-corrected chi connectivity index (χ2v) is 5.43. The zero-order chi connectivity index (χ0) is 12.8. The van der Waals surface area contributed by atoms with Crippen molar-refractivity contribution in [3.63, 3.8) is 0 Å². The zero-order valence-electron chi connectivity index (χ0n) is 11.8. The standard InChI is InChI=1S/C16H26N2/c1-3-4-5-11-18(2)13-15-8-6-7-14-12-17-10-9-16(14)15/h6-8,17H,3-5,9-13H2,1-2H3. The minimum absolute atomic E-state index is 1.04. The molecule has 0 saturated heterocycles. The van der Waals surface area contributed by atoms with Gasteiger partial charge in [-0.2, -0.15) is 0 Å². The van der Waals surface area contributed by atoms with Crippen LogP contribution in [0.2, 0.25) is 0 Å². The molecule has 0 radical (unpaired) electrons. The molecule has 1 aliphatic heterocycles. The van der Waals surface area contributed by atoms with E-state index >= 15 is 0 Å². The molecular weight excluding hydrogens is 220 g/mol. The maximum absolute atomic E-state index is 3.45. The van der Waals surface area contributed by atoms with Gasteiger partial charge in [0.15, 0.2) is 0 Å². The van der Waals surface area contributed by atoms with Crippen molar-refractivity contribution in [3.8, 4) is 0 Å². The molecule has 18 heavy (non-hydrogen) atoms. The molecule has 0 atom stereocenters. The van der Waals surface area contributed by atoms with Gasteiger partial charge in [0.25, 0.3) is 0 Å². The lowest BCUT2D eigenvalue weighted by molar-refractivity contribution is 0.316. The topological polar surface area (TPSA) is 15.3 Å². The minimum atomic E-state index is 1.04. The normalized spacial score (nSPS) is 14.8. The average molecular weight is 246 g/mol. The lowest BCUT2D eigenvalue weighted by Gasteiger charge is -2.23. The van der Waals surface area contributed by atoms with Gasteiger partial charge in [-0.15, -0.1) is 0 Å². The van der Waals surface area contributed by atoms with E-state index in [9.17, 15) is 0 Å². The monoisotopic (exact) mass is 246 g/mol. The van der Waals surface area contributed by atoms with Crippen LogP contribution in [0.25, 0.3) is 0 Å². The van der Waals surface area contributed by atoms with Gasteiger partial charge in [-0.25, -0.2) is 0 Å². The summed E-state index contributed by atoms with van der Waals surface area (Å²) in [4.78, 5) is 2.47. The van der Waals surface area contributed by atoms with E-state index in [-0.39, 0.29) is 0 Å². The van der Waals surface area contributed by atoms with Crippen molar-refractivity contribution in [3.05, 3.63) is 34.9 Å². The smallest absolute Gasteiger partial charge is 0.0233 e. The quantitative estimate of drug-likeness (QED) is 0.776. The molecule has 0 aliphatic carbocycles. The summed E-state index contributed by atoms with van der Waals surface area (Å²) in [5.41, 5.74) is 4.63. The van der Waals surface area contributed by atoms with Crippen LogP contribution in [0.4, 0.5) is 0 Å². The molecule has 1 aliphatic rings. The van der Waals surface area contributed by atoms with Crippen molar-refractivity contribution in [1.29, 1.82) is 0 Å². The predicted molar refractivity (Wildman–Crippen MR) is 77.7 cm³/mol. The highest BCUT2D eigenvalue weighted by atomic mass is 15.1. The van der Waals surface area contributed by atoms with E-state index in [1.54, 1.807) is 5.56 Å². The van der Waals surface area contributed by atoms with Gasteiger partial charge in [0.05, 0.1) is 0 Å². The lowest BCUT2D eigenvalue weighted by atomic mass is 9.95. The fourth-order valence-corrected chi connectivity index (χ4v) is 2.76. The Labute approximate surface area is 111 Å². The van der Waals surface area contributed by atoms with Gasteiger partial charge in [-0.05, 0) is 49.7 Å². The highest BCUT2D eigenvalue weighted by Crippen LogP contribution is 2.19. The third-order valence-electron chi connectivity index (χ3n) is 3.82. The van der Waals surface area contributed by atoms with Gasteiger partial charge >= 0.3 is 0 Å². The molecule has 2 nitrogen and oxygen atoms in total. The second kappa shape index (κ2) is 6.91. The van der Waals surface area contributed by atoms with Crippen molar-refractivity contribution in [2.24, 2.45) is 0 Å². The summed E-state index contributed by atoms with van der Waals surface area (Å²) in [7, 11) is 2.25. The Balaban J connectivity index is 1.96. The summed E-state index contributed by atoms with van der Waals surface area (Å²) < 4.78 is 0. The van der Waals surface area contributed by atoms with Crippen molar-refractivity contribution in [1.82, 2.24) is 10.2 Å². The number of nitrogens with zero attached hydrogens (tertiary/aromatic N) is 1. The van der Waals surface area contributed by atoms with Crippen molar-refractivity contribution in [2.75, 3.05) is 20.1 Å². The first-order valence-corrected chi connectivity index (χ1v) is 7.30. The molecule has 0 unspecified atom stereocenters. The SMILES string of the molecule is CCCCCN(C)Cc1cccc2c1CCNC2. The second-order valence-electron chi connectivity index (χ2n) is 5.43. The summed E-state index contributed by atoms with van der Waals surface area (Å²) in [6.07, 6.45) is 5.17. The number of rotatable bonds is 6. The van der Waals surface area contributed by atoms with Crippen molar-refractivity contribution >= 4 is 0 Å². The largest absolute Gasteiger partial charge is 0.312 e. The molecule has 0 fully saturated rings. The third kappa shape index (κ3) is 3.56. The van der Waals surface area contributed by atoms with E-state index in [4.69, 9.17) is 0 Å². The molecule has 1 heterocycles. The number of hydrogen-bond acceptors (Lipinski definition) is 2. The van der Waals surface area contributed by atoms with Crippen LogP contribution in [0.3, 0.4) is 0 Å². The number of benzene rings is 1. The lowest BCUT2D eigenvalue weighted by Crippen LogP contribution is -2.26. The van der Waals surface area contributed by atoms with Gasteiger partial charge in [0, 0.05) is 13.1 Å². The van der Waals surface area contributed by atoms with Crippen LogP contribution in [0.5, 0.6) is 0 Å². The van der Waals surface area contributed by atoms with Crippen LogP contribution < -0.4 is 5.32 Å². The molecule has 1 aromatic rings. The van der Waals surface area contributed by atoms with Gasteiger partial charge in [-0.3, -0.25) is 0 Å². The molecule has 1 N–H and O–H groups in total. The number of fused-ring (bicyclic) bond motifs is 1. The molecular formula is C16H26N2. The molecule has 1 aromatic carbocycles. The van der Waals surface area contributed by atoms with Crippen LogP contribution in [0.1, 0.15) is 42.9 Å². The predicted octanol–water partition coefficient (Wildman–Crippen LogP) is 2.95. The van der Waals surface area contributed by atoms with Crippen LogP contribution in [-0.4, -0.2) is 25.0 Å². The first kappa shape index (κ1) is 13.6. The first-order chi connectivity index (χ1) is 8.81. The molecule has 0 aromatic heterocycles. The Morgan fingerprint density at radius 1 is 1.28 bits per heavy atom. The maximum Gasteiger partial charge on any atom is 0.0233 e. The van der Waals surface area contributed by atoms with E-state index < -0.39 is 0 Å². The van der Waals surface area contributed by atoms with E-state index in [0.29, 0.717) is 0 Å². The van der Waals surface area contributed by atoms with Crippen molar-refractivity contribution in [2.45, 2.75) is 45.7 Å². The van der Waals surface area contributed by atoms with Crippen molar-refractivity contribution < 1.29 is 0 Å². The fourth-order valence-electron chi connectivity index (χ4n) is 2.76. The van der Waals surface area contributed by atoms with Crippen LogP contribution >= 0.6 is 0 Å². The van der Waals surface area contributed by atoms with Gasteiger partial charge in [0.1, 0.15) is 0 Å². The van der Waals surface area contributed by atoms with Gasteiger partial charge < -0.3 is 10.2 Å². The van der Waals surface area contributed by atoms with E-state index in [1.807, 2.05) is 0 Å². The highest BCUT2D eigenvalue weighted by Gasteiger charge is 2.13. The number of unbranched alkanes of at least 4 members (excludes halogenated alkanes) is 2. The first-order valence-electron chi connectivity index (χ1n) is 7.30. The third-order valence-corrected chi connectivity index (χ3v) is 3.82. The molecule has 0 spiro atoms. The van der Waals surface area contributed by atoms with Crippen LogP contribution in [0, 0.1) is 0 Å². The molecule has 100 valence electrons. The Morgan fingerprint density at radius 3 is 3.00 bits per heavy atom. The maximum atomic E-state index is 3.45. The summed E-state index contributed by atoms with van der Waals surface area (Å²) in [6.45, 7) is 6.76. The van der Waals surface area contributed by atoms with E-state index in [0.717, 1.165) is 19.6 Å². The molecule has 2 rings (SSSR count). The number of hydrogen-bond donors (Lipinski definition) is 1. The van der Waals surface area contributed by atoms with Crippen LogP contribution in [0.15, 0.2) is 18.2 Å². The zero-order valence-corrected chi connectivity index (χ0v) is 11.8.